The van der Waals surface area contributed by atoms with Gasteiger partial charge in [0.2, 0.25) is 0 Å². The zero-order valence-corrected chi connectivity index (χ0v) is 18.4. The second kappa shape index (κ2) is 7.77. The molecule has 0 spiro atoms. The maximum absolute atomic E-state index is 12.9. The van der Waals surface area contributed by atoms with Gasteiger partial charge in [0.25, 0.3) is 11.5 Å². The van der Waals surface area contributed by atoms with Crippen LogP contribution in [0.3, 0.4) is 0 Å². The topological polar surface area (TPSA) is 107 Å². The van der Waals surface area contributed by atoms with E-state index in [4.69, 9.17) is 5.10 Å². The third-order valence-electron chi connectivity index (χ3n) is 7.38. The SMILES string of the molecule is N#CCC(C1CC1)n1nc(Nc2ccc3c(c2)CN(C2CCCC2)C3=O)c2c(=O)[nH]ccc21. The number of carbonyl (C=O) groups excluding carboxylic acids is 1. The number of nitrogens with zero attached hydrogens (tertiary/aromatic N) is 4. The third-order valence-corrected chi connectivity index (χ3v) is 7.38. The summed E-state index contributed by atoms with van der Waals surface area (Å²) in [5.41, 5.74) is 3.10. The Kier molecular flexibility index (Phi) is 4.72. The van der Waals surface area contributed by atoms with Crippen LogP contribution in [-0.2, 0) is 6.54 Å². The van der Waals surface area contributed by atoms with E-state index in [2.05, 4.69) is 16.4 Å². The minimum absolute atomic E-state index is 0.0348. The fraction of sp³-hybridized carbons (Fsp3) is 0.440. The van der Waals surface area contributed by atoms with Crippen LogP contribution in [0.1, 0.15) is 66.9 Å². The number of aromatic amines is 1. The molecule has 0 saturated heterocycles. The smallest absolute Gasteiger partial charge is 0.261 e. The molecule has 6 rings (SSSR count). The van der Waals surface area contributed by atoms with Gasteiger partial charge in [0.05, 0.1) is 24.0 Å². The van der Waals surface area contributed by atoms with Gasteiger partial charge < -0.3 is 15.2 Å². The number of rotatable bonds is 6. The minimum Gasteiger partial charge on any atom is -0.338 e. The van der Waals surface area contributed by atoms with Crippen molar-refractivity contribution >= 4 is 28.3 Å². The average molecular weight is 443 g/mol. The van der Waals surface area contributed by atoms with Crippen LogP contribution in [0, 0.1) is 17.2 Å². The second-order valence-electron chi connectivity index (χ2n) is 9.50. The number of nitriles is 1. The largest absolute Gasteiger partial charge is 0.338 e. The Balaban J connectivity index is 1.34. The van der Waals surface area contributed by atoms with Gasteiger partial charge in [0, 0.05) is 30.0 Å². The van der Waals surface area contributed by atoms with Crippen molar-refractivity contribution in [2.24, 2.45) is 5.92 Å². The van der Waals surface area contributed by atoms with Gasteiger partial charge in [-0.2, -0.15) is 10.4 Å². The van der Waals surface area contributed by atoms with Crippen molar-refractivity contribution in [3.8, 4) is 6.07 Å². The Bertz CT molecular complexity index is 1340. The molecule has 3 heterocycles. The van der Waals surface area contributed by atoms with E-state index in [0.29, 0.717) is 36.1 Å². The molecule has 2 fully saturated rings. The van der Waals surface area contributed by atoms with Gasteiger partial charge in [-0.15, -0.1) is 0 Å². The lowest BCUT2D eigenvalue weighted by Gasteiger charge is -2.23. The van der Waals surface area contributed by atoms with E-state index < -0.39 is 0 Å². The quantitative estimate of drug-likeness (QED) is 0.594. The van der Waals surface area contributed by atoms with E-state index in [-0.39, 0.29) is 17.5 Å². The van der Waals surface area contributed by atoms with Crippen LogP contribution in [-0.4, -0.2) is 31.6 Å². The van der Waals surface area contributed by atoms with Gasteiger partial charge in [-0.3, -0.25) is 14.3 Å². The highest BCUT2D eigenvalue weighted by Gasteiger charge is 2.35. The van der Waals surface area contributed by atoms with Crippen molar-refractivity contribution in [1.29, 1.82) is 5.26 Å². The van der Waals surface area contributed by atoms with E-state index >= 15 is 0 Å². The van der Waals surface area contributed by atoms with E-state index in [1.54, 1.807) is 6.20 Å². The molecule has 3 aromatic rings. The Labute approximate surface area is 191 Å². The molecule has 1 unspecified atom stereocenters. The van der Waals surface area contributed by atoms with Crippen molar-refractivity contribution in [2.45, 2.75) is 63.6 Å². The summed E-state index contributed by atoms with van der Waals surface area (Å²) in [6.07, 6.45) is 8.70. The molecule has 1 atom stereocenters. The lowest BCUT2D eigenvalue weighted by molar-refractivity contribution is 0.0707. The summed E-state index contributed by atoms with van der Waals surface area (Å²) in [4.78, 5) is 30.4. The van der Waals surface area contributed by atoms with Gasteiger partial charge in [-0.1, -0.05) is 12.8 Å². The molecule has 1 amide bonds. The summed E-state index contributed by atoms with van der Waals surface area (Å²) >= 11 is 0. The van der Waals surface area contributed by atoms with Gasteiger partial charge in [-0.05, 0) is 61.4 Å². The molecule has 33 heavy (non-hydrogen) atoms. The van der Waals surface area contributed by atoms with E-state index in [9.17, 15) is 14.9 Å². The summed E-state index contributed by atoms with van der Waals surface area (Å²) in [6, 6.07) is 10.2. The van der Waals surface area contributed by atoms with Crippen LogP contribution in [0.4, 0.5) is 11.5 Å². The van der Waals surface area contributed by atoms with Gasteiger partial charge in [-0.25, -0.2) is 0 Å². The van der Waals surface area contributed by atoms with Crippen LogP contribution in [0.2, 0.25) is 0 Å². The standard InChI is InChI=1S/C25H26N6O2/c26-11-9-20(15-5-6-15)31-21-10-12-27-24(32)22(21)23(29-31)28-17-7-8-19-16(13-17)14-30(25(19)33)18-3-1-2-4-18/h7-8,10,12-13,15,18,20H,1-6,9,14H2,(H,27,32)(H,28,29). The van der Waals surface area contributed by atoms with Crippen LogP contribution in [0.15, 0.2) is 35.3 Å². The number of hydrogen-bond acceptors (Lipinski definition) is 5. The Morgan fingerprint density at radius 2 is 2.00 bits per heavy atom. The minimum atomic E-state index is -0.212. The normalized spacial score (nSPS) is 19.1. The number of aromatic nitrogens is 3. The number of benzene rings is 1. The van der Waals surface area contributed by atoms with E-state index in [1.165, 1.54) is 12.8 Å². The predicted octanol–water partition coefficient (Wildman–Crippen LogP) is 4.23. The van der Waals surface area contributed by atoms with E-state index in [1.807, 2.05) is 33.8 Å². The zero-order chi connectivity index (χ0) is 22.5. The Hall–Kier alpha value is -3.60. The van der Waals surface area contributed by atoms with Crippen molar-refractivity contribution in [2.75, 3.05) is 5.32 Å². The first-order chi connectivity index (χ1) is 16.1. The first-order valence-corrected chi connectivity index (χ1v) is 11.8. The average Bonchev–Trinajstić information content (AvgIpc) is 3.23. The molecule has 3 aliphatic rings. The summed E-state index contributed by atoms with van der Waals surface area (Å²) in [7, 11) is 0. The van der Waals surface area contributed by atoms with Crippen LogP contribution in [0.25, 0.3) is 10.9 Å². The molecule has 2 aliphatic carbocycles. The summed E-state index contributed by atoms with van der Waals surface area (Å²) in [6.45, 7) is 0.635. The number of carbonyl (C=O) groups is 1. The molecular formula is C25H26N6O2. The molecule has 1 aliphatic heterocycles. The first kappa shape index (κ1) is 20.0. The Morgan fingerprint density at radius 1 is 1.18 bits per heavy atom. The van der Waals surface area contributed by atoms with Crippen molar-refractivity contribution in [3.63, 3.8) is 0 Å². The highest BCUT2D eigenvalue weighted by atomic mass is 16.2. The number of amides is 1. The zero-order valence-electron chi connectivity index (χ0n) is 18.4. The number of pyridine rings is 1. The molecule has 0 bridgehead atoms. The molecule has 8 nitrogen and oxygen atoms in total. The lowest BCUT2D eigenvalue weighted by atomic mass is 10.1. The summed E-state index contributed by atoms with van der Waals surface area (Å²) in [5, 5.41) is 17.9. The van der Waals surface area contributed by atoms with Crippen molar-refractivity contribution in [3.05, 3.63) is 51.9 Å². The fourth-order valence-electron chi connectivity index (χ4n) is 5.54. The van der Waals surface area contributed by atoms with Crippen LogP contribution in [0.5, 0.6) is 0 Å². The van der Waals surface area contributed by atoms with Gasteiger partial charge >= 0.3 is 0 Å². The number of H-pyrrole nitrogens is 1. The Morgan fingerprint density at radius 3 is 2.76 bits per heavy atom. The maximum atomic E-state index is 12.9. The first-order valence-electron chi connectivity index (χ1n) is 11.8. The molecule has 168 valence electrons. The molecule has 2 saturated carbocycles. The number of fused-ring (bicyclic) bond motifs is 2. The third kappa shape index (κ3) is 3.39. The van der Waals surface area contributed by atoms with Gasteiger partial charge in [0.1, 0.15) is 5.39 Å². The van der Waals surface area contributed by atoms with Gasteiger partial charge in [0.15, 0.2) is 5.82 Å². The number of nitrogens with one attached hydrogen (secondary N) is 2. The predicted molar refractivity (Wildman–Crippen MR) is 124 cm³/mol. The van der Waals surface area contributed by atoms with E-state index in [0.717, 1.165) is 48.0 Å². The molecule has 8 heteroatoms. The highest BCUT2D eigenvalue weighted by molar-refractivity contribution is 5.99. The summed E-state index contributed by atoms with van der Waals surface area (Å²) in [5.74, 6) is 1.03. The lowest BCUT2D eigenvalue weighted by Crippen LogP contribution is -2.33. The number of anilines is 2. The number of hydrogen-bond donors (Lipinski definition) is 2. The highest BCUT2D eigenvalue weighted by Crippen LogP contribution is 2.43. The molecular weight excluding hydrogens is 416 g/mol. The van der Waals surface area contributed by atoms with Crippen molar-refractivity contribution in [1.82, 2.24) is 19.7 Å². The second-order valence-corrected chi connectivity index (χ2v) is 9.50. The summed E-state index contributed by atoms with van der Waals surface area (Å²) < 4.78 is 1.85. The molecule has 0 radical (unpaired) electrons. The molecule has 1 aromatic carbocycles. The maximum Gasteiger partial charge on any atom is 0.261 e. The molecule has 2 N–H and O–H groups in total. The fourth-order valence-corrected chi connectivity index (χ4v) is 5.54. The van der Waals surface area contributed by atoms with Crippen molar-refractivity contribution < 1.29 is 4.79 Å². The van der Waals surface area contributed by atoms with Crippen LogP contribution >= 0.6 is 0 Å². The molecule has 2 aromatic heterocycles. The van der Waals surface area contributed by atoms with Crippen LogP contribution < -0.4 is 10.9 Å². The monoisotopic (exact) mass is 442 g/mol.